The largest absolute Gasteiger partial charge is 0.370 e. The Hall–Kier alpha value is -0.790. The molecule has 1 aromatic rings. The molecule has 3 N–H and O–H groups in total. The van der Waals surface area contributed by atoms with E-state index in [-0.39, 0.29) is 24.0 Å². The summed E-state index contributed by atoms with van der Waals surface area (Å²) in [5.74, 6) is 1.24. The molecule has 20 heavy (non-hydrogen) atoms. The van der Waals surface area contributed by atoms with Crippen LogP contribution in [0.1, 0.15) is 38.1 Å². The molecule has 0 atom stereocenters. The van der Waals surface area contributed by atoms with Gasteiger partial charge in [-0.2, -0.15) is 5.10 Å². The van der Waals surface area contributed by atoms with Gasteiger partial charge in [0.2, 0.25) is 0 Å². The molecule has 0 spiro atoms. The van der Waals surface area contributed by atoms with Gasteiger partial charge in [-0.25, -0.2) is 0 Å². The van der Waals surface area contributed by atoms with Gasteiger partial charge in [0.15, 0.2) is 5.96 Å². The third kappa shape index (κ3) is 7.72. The van der Waals surface area contributed by atoms with Crippen molar-refractivity contribution in [1.82, 2.24) is 15.1 Å². The van der Waals surface area contributed by atoms with Gasteiger partial charge in [-0.3, -0.25) is 9.67 Å². The Balaban J connectivity index is 0.00000361. The summed E-state index contributed by atoms with van der Waals surface area (Å²) >= 11 is 0. The average Bonchev–Trinajstić information content (AvgIpc) is 2.63. The molecule has 0 aliphatic rings. The van der Waals surface area contributed by atoms with Crippen molar-refractivity contribution in [3.8, 4) is 0 Å². The number of nitrogens with one attached hydrogen (secondary N) is 1. The summed E-state index contributed by atoms with van der Waals surface area (Å²) in [7, 11) is 0. The summed E-state index contributed by atoms with van der Waals surface area (Å²) in [5, 5.41) is 7.55. The summed E-state index contributed by atoms with van der Waals surface area (Å²) in [6.45, 7) is 11.0. The first-order valence-corrected chi connectivity index (χ1v) is 7.04. The summed E-state index contributed by atoms with van der Waals surface area (Å²) in [6.07, 6.45) is 2.07. The summed E-state index contributed by atoms with van der Waals surface area (Å²) in [6, 6.07) is 2.09. The van der Waals surface area contributed by atoms with Gasteiger partial charge in [-0.1, -0.05) is 13.8 Å². The second kappa shape index (κ2) is 10.0. The van der Waals surface area contributed by atoms with Gasteiger partial charge in [0.1, 0.15) is 0 Å². The smallest absolute Gasteiger partial charge is 0.188 e. The number of guanidine groups is 1. The zero-order valence-corrected chi connectivity index (χ0v) is 15.3. The minimum atomic E-state index is 0. The van der Waals surface area contributed by atoms with Crippen LogP contribution in [0.25, 0.3) is 0 Å². The zero-order chi connectivity index (χ0) is 14.3. The van der Waals surface area contributed by atoms with Crippen molar-refractivity contribution in [2.45, 2.75) is 47.1 Å². The molecule has 116 valence electrons. The van der Waals surface area contributed by atoms with Crippen LogP contribution in [0.4, 0.5) is 0 Å². The molecule has 0 unspecified atom stereocenters. The van der Waals surface area contributed by atoms with Crippen molar-refractivity contribution < 1.29 is 0 Å². The molecule has 0 amide bonds. The minimum absolute atomic E-state index is 0. The Morgan fingerprint density at radius 3 is 2.70 bits per heavy atom. The molecule has 0 aliphatic carbocycles. The highest BCUT2D eigenvalue weighted by atomic mass is 127. The first kappa shape index (κ1) is 19.2. The highest BCUT2D eigenvalue weighted by molar-refractivity contribution is 14.0. The third-order valence-corrected chi connectivity index (χ3v) is 2.94. The van der Waals surface area contributed by atoms with Crippen molar-refractivity contribution in [2.24, 2.45) is 16.6 Å². The van der Waals surface area contributed by atoms with Crippen molar-refractivity contribution in [1.29, 1.82) is 0 Å². The van der Waals surface area contributed by atoms with Crippen molar-refractivity contribution in [3.05, 3.63) is 17.5 Å². The Kier molecular flexibility index (Phi) is 9.62. The Morgan fingerprint density at radius 2 is 2.15 bits per heavy atom. The fourth-order valence-corrected chi connectivity index (χ4v) is 1.87. The molecule has 5 nitrogen and oxygen atoms in total. The van der Waals surface area contributed by atoms with Crippen molar-refractivity contribution >= 4 is 29.9 Å². The molecule has 0 aliphatic heterocycles. The highest BCUT2D eigenvalue weighted by Gasteiger charge is 2.00. The topological polar surface area (TPSA) is 68.2 Å². The van der Waals surface area contributed by atoms with Crippen LogP contribution in [0, 0.1) is 19.8 Å². The molecular weight excluding hydrogens is 365 g/mol. The van der Waals surface area contributed by atoms with Gasteiger partial charge < -0.3 is 11.1 Å². The maximum Gasteiger partial charge on any atom is 0.188 e. The molecule has 0 saturated heterocycles. The van der Waals surface area contributed by atoms with E-state index in [1.807, 2.05) is 11.6 Å². The maximum absolute atomic E-state index is 5.79. The molecule has 0 bridgehead atoms. The fourth-order valence-electron chi connectivity index (χ4n) is 1.87. The second-order valence-corrected chi connectivity index (χ2v) is 5.38. The lowest BCUT2D eigenvalue weighted by molar-refractivity contribution is 0.564. The Morgan fingerprint density at radius 1 is 1.45 bits per heavy atom. The molecular formula is C14H28IN5. The first-order valence-electron chi connectivity index (χ1n) is 7.04. The van der Waals surface area contributed by atoms with E-state index in [0.717, 1.165) is 38.2 Å². The average molecular weight is 393 g/mol. The van der Waals surface area contributed by atoms with E-state index < -0.39 is 0 Å². The number of nitrogens with zero attached hydrogens (tertiary/aromatic N) is 3. The Bertz CT molecular complexity index is 412. The van der Waals surface area contributed by atoms with Crippen molar-refractivity contribution in [3.63, 3.8) is 0 Å². The van der Waals surface area contributed by atoms with Crippen LogP contribution < -0.4 is 11.1 Å². The van der Waals surface area contributed by atoms with E-state index in [0.29, 0.717) is 11.9 Å². The van der Waals surface area contributed by atoms with E-state index in [2.05, 4.69) is 42.2 Å². The number of aliphatic imine (C=N–C) groups is 1. The van der Waals surface area contributed by atoms with E-state index in [9.17, 15) is 0 Å². The van der Waals surface area contributed by atoms with Gasteiger partial charge in [0.25, 0.3) is 0 Å². The SMILES string of the molecule is Cc1cc(C)n(CCCN=C(N)NCCC(C)C)n1.I. The molecule has 0 aromatic carbocycles. The van der Waals surface area contributed by atoms with Crippen LogP contribution in [-0.4, -0.2) is 28.8 Å². The normalized spacial score (nSPS) is 11.6. The maximum atomic E-state index is 5.79. The first-order chi connectivity index (χ1) is 8.99. The molecule has 0 radical (unpaired) electrons. The van der Waals surface area contributed by atoms with E-state index >= 15 is 0 Å². The predicted octanol–water partition coefficient (Wildman–Crippen LogP) is 2.46. The summed E-state index contributed by atoms with van der Waals surface area (Å²) in [5.41, 5.74) is 8.05. The van der Waals surface area contributed by atoms with Crippen LogP contribution in [0.15, 0.2) is 11.1 Å². The standard InChI is InChI=1S/C14H27N5.HI/c1-11(2)6-8-17-14(15)16-7-5-9-19-13(4)10-12(3)18-19;/h10-11H,5-9H2,1-4H3,(H3,15,16,17);1H. The van der Waals surface area contributed by atoms with Crippen LogP contribution in [0.3, 0.4) is 0 Å². The molecule has 0 fully saturated rings. The lowest BCUT2D eigenvalue weighted by Gasteiger charge is -2.07. The monoisotopic (exact) mass is 393 g/mol. The van der Waals surface area contributed by atoms with E-state index in [4.69, 9.17) is 5.73 Å². The van der Waals surface area contributed by atoms with Crippen LogP contribution >= 0.6 is 24.0 Å². The quantitative estimate of drug-likeness (QED) is 0.324. The number of nitrogens with two attached hydrogens (primary N) is 1. The van der Waals surface area contributed by atoms with Crippen LogP contribution in [0.2, 0.25) is 0 Å². The molecule has 6 heteroatoms. The molecule has 1 aromatic heterocycles. The number of rotatable bonds is 7. The highest BCUT2D eigenvalue weighted by Crippen LogP contribution is 2.02. The van der Waals surface area contributed by atoms with Gasteiger partial charge >= 0.3 is 0 Å². The van der Waals surface area contributed by atoms with E-state index in [1.165, 1.54) is 5.69 Å². The van der Waals surface area contributed by atoms with Gasteiger partial charge in [0.05, 0.1) is 5.69 Å². The van der Waals surface area contributed by atoms with Crippen molar-refractivity contribution in [2.75, 3.05) is 13.1 Å². The lowest BCUT2D eigenvalue weighted by atomic mass is 10.1. The third-order valence-electron chi connectivity index (χ3n) is 2.94. The molecule has 1 heterocycles. The molecule has 1 rings (SSSR count). The molecule has 0 saturated carbocycles. The van der Waals surface area contributed by atoms with Crippen LogP contribution in [-0.2, 0) is 6.54 Å². The van der Waals surface area contributed by atoms with Gasteiger partial charge in [-0.15, -0.1) is 24.0 Å². The number of aromatic nitrogens is 2. The van der Waals surface area contributed by atoms with Gasteiger partial charge in [0, 0.05) is 25.3 Å². The lowest BCUT2D eigenvalue weighted by Crippen LogP contribution is -2.33. The number of halogens is 1. The second-order valence-electron chi connectivity index (χ2n) is 5.38. The fraction of sp³-hybridized carbons (Fsp3) is 0.714. The predicted molar refractivity (Wildman–Crippen MR) is 95.7 cm³/mol. The number of aryl methyl sites for hydroxylation is 3. The van der Waals surface area contributed by atoms with Crippen LogP contribution in [0.5, 0.6) is 0 Å². The zero-order valence-electron chi connectivity index (χ0n) is 13.0. The number of hydrogen-bond donors (Lipinski definition) is 2. The Labute approximate surface area is 139 Å². The van der Waals surface area contributed by atoms with Gasteiger partial charge in [-0.05, 0) is 38.7 Å². The summed E-state index contributed by atoms with van der Waals surface area (Å²) in [4.78, 5) is 4.31. The summed E-state index contributed by atoms with van der Waals surface area (Å²) < 4.78 is 2.02. The number of hydrogen-bond acceptors (Lipinski definition) is 2. The minimum Gasteiger partial charge on any atom is -0.370 e. The van der Waals surface area contributed by atoms with E-state index in [1.54, 1.807) is 0 Å².